The van der Waals surface area contributed by atoms with Crippen molar-refractivity contribution in [1.29, 1.82) is 0 Å². The molecule has 0 N–H and O–H groups in total. The fourth-order valence-electron chi connectivity index (χ4n) is 3.17. The fourth-order valence-corrected chi connectivity index (χ4v) is 3.17. The third kappa shape index (κ3) is 3.56. The normalized spacial score (nSPS) is 11.0. The van der Waals surface area contributed by atoms with Crippen molar-refractivity contribution in [3.8, 4) is 22.9 Å². The molecule has 7 heteroatoms. The van der Waals surface area contributed by atoms with E-state index in [-0.39, 0.29) is 0 Å². The van der Waals surface area contributed by atoms with Gasteiger partial charge in [-0.1, -0.05) is 0 Å². The molecule has 1 aromatic carbocycles. The van der Waals surface area contributed by atoms with Crippen LogP contribution in [0, 0.1) is 20.8 Å². The molecule has 2 aromatic heterocycles. The van der Waals surface area contributed by atoms with Crippen molar-refractivity contribution in [1.82, 2.24) is 24.3 Å². The van der Waals surface area contributed by atoms with Crippen molar-refractivity contribution in [2.24, 2.45) is 0 Å². The van der Waals surface area contributed by atoms with E-state index >= 15 is 0 Å². The lowest BCUT2D eigenvalue weighted by Gasteiger charge is -2.15. The molecule has 0 fully saturated rings. The van der Waals surface area contributed by atoms with Gasteiger partial charge in [-0.3, -0.25) is 4.68 Å². The average Bonchev–Trinajstić information content (AvgIpc) is 3.20. The molecular weight excluding hydrogens is 330 g/mol. The van der Waals surface area contributed by atoms with Crippen LogP contribution in [0.15, 0.2) is 24.5 Å². The van der Waals surface area contributed by atoms with E-state index in [2.05, 4.69) is 25.7 Å². The average molecular weight is 355 g/mol. The standard InChI is InChI=1S/C19H25N5O2/c1-13-11-16(18(26-5)17(12-13)25-4)19-20-7-10-23(19)8-6-9-24-15(3)21-14(2)22-24/h7,10-12H,6,8-9H2,1-5H3. The van der Waals surface area contributed by atoms with Crippen LogP contribution in [0.25, 0.3) is 11.4 Å². The Bertz CT molecular complexity index is 897. The number of aryl methyl sites for hydroxylation is 5. The molecule has 0 aliphatic heterocycles. The molecule has 0 unspecified atom stereocenters. The van der Waals surface area contributed by atoms with Crippen molar-refractivity contribution >= 4 is 0 Å². The van der Waals surface area contributed by atoms with Crippen LogP contribution in [-0.4, -0.2) is 38.5 Å². The van der Waals surface area contributed by atoms with Crippen LogP contribution in [0.5, 0.6) is 11.5 Å². The van der Waals surface area contributed by atoms with Gasteiger partial charge in [0.1, 0.15) is 17.5 Å². The monoisotopic (exact) mass is 355 g/mol. The van der Waals surface area contributed by atoms with Crippen molar-refractivity contribution in [2.45, 2.75) is 40.3 Å². The molecule has 0 aliphatic carbocycles. The summed E-state index contributed by atoms with van der Waals surface area (Å²) in [6.07, 6.45) is 4.73. The second-order valence-electron chi connectivity index (χ2n) is 6.28. The lowest BCUT2D eigenvalue weighted by molar-refractivity contribution is 0.355. The van der Waals surface area contributed by atoms with E-state index < -0.39 is 0 Å². The first-order valence-corrected chi connectivity index (χ1v) is 8.65. The summed E-state index contributed by atoms with van der Waals surface area (Å²) >= 11 is 0. The highest BCUT2D eigenvalue weighted by Gasteiger charge is 2.17. The first kappa shape index (κ1) is 18.0. The second-order valence-corrected chi connectivity index (χ2v) is 6.28. The molecule has 0 aliphatic rings. The maximum absolute atomic E-state index is 5.59. The van der Waals surface area contributed by atoms with Crippen LogP contribution in [0.3, 0.4) is 0 Å². The Labute approximate surface area is 153 Å². The van der Waals surface area contributed by atoms with Gasteiger partial charge < -0.3 is 14.0 Å². The number of nitrogens with zero attached hydrogens (tertiary/aromatic N) is 5. The highest BCUT2D eigenvalue weighted by molar-refractivity contribution is 5.70. The Morgan fingerprint density at radius 3 is 2.50 bits per heavy atom. The molecule has 138 valence electrons. The summed E-state index contributed by atoms with van der Waals surface area (Å²) in [7, 11) is 3.30. The second kappa shape index (κ2) is 7.59. The zero-order chi connectivity index (χ0) is 18.7. The minimum Gasteiger partial charge on any atom is -0.493 e. The van der Waals surface area contributed by atoms with Crippen molar-refractivity contribution in [3.63, 3.8) is 0 Å². The Morgan fingerprint density at radius 1 is 1.04 bits per heavy atom. The summed E-state index contributed by atoms with van der Waals surface area (Å²) in [5.74, 6) is 4.04. The van der Waals surface area contributed by atoms with E-state index in [9.17, 15) is 0 Å². The van der Waals surface area contributed by atoms with E-state index in [1.54, 1.807) is 14.2 Å². The maximum atomic E-state index is 5.59. The Morgan fingerprint density at radius 2 is 1.85 bits per heavy atom. The van der Waals surface area contributed by atoms with Crippen LogP contribution in [0.2, 0.25) is 0 Å². The zero-order valence-electron chi connectivity index (χ0n) is 16.0. The van der Waals surface area contributed by atoms with E-state index in [1.807, 2.05) is 43.9 Å². The number of methoxy groups -OCH3 is 2. The van der Waals surface area contributed by atoms with E-state index in [4.69, 9.17) is 9.47 Å². The van der Waals surface area contributed by atoms with Crippen LogP contribution >= 0.6 is 0 Å². The SMILES string of the molecule is COc1cc(C)cc(-c2nccn2CCCn2nc(C)nc2C)c1OC. The molecule has 0 saturated heterocycles. The molecule has 0 atom stereocenters. The van der Waals surface area contributed by atoms with Crippen molar-refractivity contribution < 1.29 is 9.47 Å². The number of ether oxygens (including phenoxy) is 2. The molecule has 0 spiro atoms. The fraction of sp³-hybridized carbons (Fsp3) is 0.421. The highest BCUT2D eigenvalue weighted by Crippen LogP contribution is 2.38. The minimum atomic E-state index is 0.702. The Balaban J connectivity index is 1.83. The molecule has 0 radical (unpaired) electrons. The molecule has 26 heavy (non-hydrogen) atoms. The maximum Gasteiger partial charge on any atom is 0.171 e. The zero-order valence-corrected chi connectivity index (χ0v) is 16.0. The molecular formula is C19H25N5O2. The quantitative estimate of drug-likeness (QED) is 0.651. The van der Waals surface area contributed by atoms with Gasteiger partial charge in [-0.25, -0.2) is 9.97 Å². The summed E-state index contributed by atoms with van der Waals surface area (Å²) in [5.41, 5.74) is 2.03. The van der Waals surface area contributed by atoms with Crippen LogP contribution in [-0.2, 0) is 13.1 Å². The number of benzene rings is 1. The number of hydrogen-bond acceptors (Lipinski definition) is 5. The van der Waals surface area contributed by atoms with Crippen LogP contribution in [0.1, 0.15) is 23.6 Å². The van der Waals surface area contributed by atoms with E-state index in [1.165, 1.54) is 0 Å². The third-order valence-corrected chi connectivity index (χ3v) is 4.31. The molecule has 2 heterocycles. The third-order valence-electron chi connectivity index (χ3n) is 4.31. The lowest BCUT2D eigenvalue weighted by atomic mass is 10.1. The largest absolute Gasteiger partial charge is 0.493 e. The highest BCUT2D eigenvalue weighted by atomic mass is 16.5. The first-order valence-electron chi connectivity index (χ1n) is 8.65. The van der Waals surface area contributed by atoms with Gasteiger partial charge >= 0.3 is 0 Å². The lowest BCUT2D eigenvalue weighted by Crippen LogP contribution is -2.08. The molecule has 3 aromatic rings. The molecule has 0 amide bonds. The number of aromatic nitrogens is 5. The molecule has 3 rings (SSSR count). The Kier molecular flexibility index (Phi) is 5.25. The van der Waals surface area contributed by atoms with Gasteiger partial charge in [-0.15, -0.1) is 0 Å². The predicted octanol–water partition coefficient (Wildman–Crippen LogP) is 3.17. The van der Waals surface area contributed by atoms with Gasteiger partial charge in [-0.05, 0) is 44.9 Å². The van der Waals surface area contributed by atoms with Gasteiger partial charge in [-0.2, -0.15) is 5.10 Å². The summed E-state index contributed by atoms with van der Waals surface area (Å²) in [4.78, 5) is 8.90. The van der Waals surface area contributed by atoms with E-state index in [0.29, 0.717) is 11.5 Å². The topological polar surface area (TPSA) is 67.0 Å². The van der Waals surface area contributed by atoms with Gasteiger partial charge in [0.05, 0.1) is 19.8 Å². The van der Waals surface area contributed by atoms with Crippen molar-refractivity contribution in [2.75, 3.05) is 14.2 Å². The smallest absolute Gasteiger partial charge is 0.171 e. The molecule has 7 nitrogen and oxygen atoms in total. The number of rotatable bonds is 7. The number of hydrogen-bond donors (Lipinski definition) is 0. The van der Waals surface area contributed by atoms with Gasteiger partial charge in [0.25, 0.3) is 0 Å². The Hall–Kier alpha value is -2.83. The van der Waals surface area contributed by atoms with Crippen LogP contribution < -0.4 is 9.47 Å². The molecule has 0 saturated carbocycles. The van der Waals surface area contributed by atoms with Gasteiger partial charge in [0.15, 0.2) is 11.5 Å². The minimum absolute atomic E-state index is 0.702. The predicted molar refractivity (Wildman–Crippen MR) is 99.6 cm³/mol. The summed E-state index contributed by atoms with van der Waals surface area (Å²) in [6, 6.07) is 4.04. The molecule has 0 bridgehead atoms. The number of imidazole rings is 1. The first-order chi connectivity index (χ1) is 12.5. The van der Waals surface area contributed by atoms with Gasteiger partial charge in [0, 0.05) is 25.5 Å². The van der Waals surface area contributed by atoms with Gasteiger partial charge in [0.2, 0.25) is 0 Å². The van der Waals surface area contributed by atoms with E-state index in [0.717, 1.165) is 48.1 Å². The summed E-state index contributed by atoms with van der Waals surface area (Å²) < 4.78 is 15.1. The van der Waals surface area contributed by atoms with Crippen LogP contribution in [0.4, 0.5) is 0 Å². The summed E-state index contributed by atoms with van der Waals surface area (Å²) in [6.45, 7) is 7.57. The van der Waals surface area contributed by atoms with Crippen molar-refractivity contribution in [3.05, 3.63) is 41.7 Å². The summed E-state index contributed by atoms with van der Waals surface area (Å²) in [5, 5.41) is 4.42.